The van der Waals surface area contributed by atoms with E-state index in [0.717, 1.165) is 11.5 Å². The maximum atomic E-state index is 4.39. The van der Waals surface area contributed by atoms with Crippen molar-refractivity contribution in [2.75, 3.05) is 5.32 Å². The van der Waals surface area contributed by atoms with Crippen molar-refractivity contribution in [1.29, 1.82) is 0 Å². The van der Waals surface area contributed by atoms with E-state index in [0.29, 0.717) is 6.04 Å². The summed E-state index contributed by atoms with van der Waals surface area (Å²) in [6, 6.07) is 4.53. The van der Waals surface area contributed by atoms with Crippen molar-refractivity contribution in [3.05, 3.63) is 31.0 Å². The van der Waals surface area contributed by atoms with Gasteiger partial charge in [-0.05, 0) is 25.0 Å². The summed E-state index contributed by atoms with van der Waals surface area (Å²) in [4.78, 5) is 8.31. The highest BCUT2D eigenvalue weighted by atomic mass is 15.3. The highest BCUT2D eigenvalue weighted by Crippen LogP contribution is 2.14. The zero-order chi connectivity index (χ0) is 13.5. The molecule has 102 valence electrons. The zero-order valence-electron chi connectivity index (χ0n) is 11.6. The maximum Gasteiger partial charge on any atom is 0.155 e. The molecular weight excluding hydrogens is 238 g/mol. The summed E-state index contributed by atoms with van der Waals surface area (Å²) in [6.45, 7) is 4.44. The van der Waals surface area contributed by atoms with Crippen molar-refractivity contribution >= 4 is 5.69 Å². The highest BCUT2D eigenvalue weighted by Gasteiger charge is 2.07. The molecule has 2 rings (SSSR count). The van der Waals surface area contributed by atoms with Crippen LogP contribution in [0.25, 0.3) is 5.82 Å². The smallest absolute Gasteiger partial charge is 0.155 e. The van der Waals surface area contributed by atoms with Crippen LogP contribution in [-0.4, -0.2) is 25.8 Å². The molecule has 0 aliphatic heterocycles. The molecule has 0 atom stereocenters. The Kier molecular flexibility index (Phi) is 4.89. The molecular formula is C14H21N5. The molecule has 0 saturated carbocycles. The Bertz CT molecular complexity index is 457. The summed E-state index contributed by atoms with van der Waals surface area (Å²) in [7, 11) is 0. The van der Waals surface area contributed by atoms with Crippen molar-refractivity contribution in [3.8, 4) is 5.82 Å². The Balaban J connectivity index is 2.01. The standard InChI is InChI=1S/C14H21N5/c1-3-5-12(6-4-2)18-13-7-8-14(16-9-13)19-11-15-10-17-19/h7-12,18H,3-6H2,1-2H3. The largest absolute Gasteiger partial charge is 0.381 e. The molecule has 0 amide bonds. The SMILES string of the molecule is CCCC(CCC)Nc1ccc(-n2cncn2)nc1. The topological polar surface area (TPSA) is 55.6 Å². The van der Waals surface area contributed by atoms with Crippen LogP contribution in [0.3, 0.4) is 0 Å². The molecule has 0 fully saturated rings. The van der Waals surface area contributed by atoms with Gasteiger partial charge in [0.1, 0.15) is 12.7 Å². The summed E-state index contributed by atoms with van der Waals surface area (Å²) in [6.07, 6.45) is 9.79. The first-order valence-corrected chi connectivity index (χ1v) is 6.91. The number of nitrogens with one attached hydrogen (secondary N) is 1. The van der Waals surface area contributed by atoms with Crippen LogP contribution in [0.2, 0.25) is 0 Å². The van der Waals surface area contributed by atoms with E-state index >= 15 is 0 Å². The lowest BCUT2D eigenvalue weighted by Crippen LogP contribution is -2.19. The third-order valence-corrected chi connectivity index (χ3v) is 3.05. The van der Waals surface area contributed by atoms with E-state index in [1.807, 2.05) is 18.3 Å². The van der Waals surface area contributed by atoms with Crippen LogP contribution in [0.5, 0.6) is 0 Å². The Morgan fingerprint density at radius 1 is 1.21 bits per heavy atom. The summed E-state index contributed by atoms with van der Waals surface area (Å²) in [5.41, 5.74) is 1.07. The van der Waals surface area contributed by atoms with Gasteiger partial charge in [-0.3, -0.25) is 0 Å². The van der Waals surface area contributed by atoms with Crippen molar-refractivity contribution in [1.82, 2.24) is 19.7 Å². The van der Waals surface area contributed by atoms with Gasteiger partial charge in [0.2, 0.25) is 0 Å². The molecule has 0 radical (unpaired) electrons. The molecule has 2 aromatic rings. The molecule has 0 aliphatic carbocycles. The summed E-state index contributed by atoms with van der Waals surface area (Å²) >= 11 is 0. The molecule has 2 heterocycles. The summed E-state index contributed by atoms with van der Waals surface area (Å²) in [5, 5.41) is 7.60. The Morgan fingerprint density at radius 3 is 2.53 bits per heavy atom. The maximum absolute atomic E-state index is 4.39. The molecule has 0 aliphatic rings. The second-order valence-electron chi connectivity index (χ2n) is 4.66. The lowest BCUT2D eigenvalue weighted by atomic mass is 10.1. The number of nitrogens with zero attached hydrogens (tertiary/aromatic N) is 4. The normalized spacial score (nSPS) is 10.9. The van der Waals surface area contributed by atoms with E-state index in [2.05, 4.69) is 34.2 Å². The van der Waals surface area contributed by atoms with Crippen molar-refractivity contribution in [3.63, 3.8) is 0 Å². The second kappa shape index (κ2) is 6.87. The fraction of sp³-hybridized carbons (Fsp3) is 0.500. The first-order chi connectivity index (χ1) is 9.33. The monoisotopic (exact) mass is 259 g/mol. The average Bonchev–Trinajstić information content (AvgIpc) is 2.94. The van der Waals surface area contributed by atoms with Gasteiger partial charge in [-0.1, -0.05) is 26.7 Å². The first-order valence-electron chi connectivity index (χ1n) is 6.91. The van der Waals surface area contributed by atoms with E-state index in [4.69, 9.17) is 0 Å². The minimum atomic E-state index is 0.536. The predicted octanol–water partition coefficient (Wildman–Crippen LogP) is 3.04. The number of hydrogen-bond acceptors (Lipinski definition) is 4. The van der Waals surface area contributed by atoms with E-state index in [1.54, 1.807) is 11.0 Å². The molecule has 0 aromatic carbocycles. The van der Waals surface area contributed by atoms with Gasteiger partial charge in [0.15, 0.2) is 5.82 Å². The van der Waals surface area contributed by atoms with E-state index in [1.165, 1.54) is 32.0 Å². The minimum absolute atomic E-state index is 0.536. The van der Waals surface area contributed by atoms with Crippen molar-refractivity contribution < 1.29 is 0 Å². The van der Waals surface area contributed by atoms with Crippen LogP contribution in [0.4, 0.5) is 5.69 Å². The molecule has 0 unspecified atom stereocenters. The van der Waals surface area contributed by atoms with Gasteiger partial charge in [-0.25, -0.2) is 14.6 Å². The van der Waals surface area contributed by atoms with E-state index in [9.17, 15) is 0 Å². The minimum Gasteiger partial charge on any atom is -0.381 e. The number of anilines is 1. The summed E-state index contributed by atoms with van der Waals surface area (Å²) < 4.78 is 1.65. The van der Waals surface area contributed by atoms with E-state index < -0.39 is 0 Å². The number of hydrogen-bond donors (Lipinski definition) is 1. The van der Waals surface area contributed by atoms with Crippen LogP contribution in [0.1, 0.15) is 39.5 Å². The highest BCUT2D eigenvalue weighted by molar-refractivity contribution is 5.44. The quantitative estimate of drug-likeness (QED) is 0.830. The van der Waals surface area contributed by atoms with Crippen LogP contribution in [0, 0.1) is 0 Å². The van der Waals surface area contributed by atoms with Gasteiger partial charge in [-0.2, -0.15) is 5.10 Å². The van der Waals surface area contributed by atoms with Gasteiger partial charge in [0.25, 0.3) is 0 Å². The van der Waals surface area contributed by atoms with Crippen molar-refractivity contribution in [2.45, 2.75) is 45.6 Å². The van der Waals surface area contributed by atoms with Gasteiger partial charge < -0.3 is 5.32 Å². The average molecular weight is 259 g/mol. The third-order valence-electron chi connectivity index (χ3n) is 3.05. The zero-order valence-corrected chi connectivity index (χ0v) is 11.6. The Labute approximate surface area is 114 Å². The molecule has 2 aromatic heterocycles. The van der Waals surface area contributed by atoms with Crippen LogP contribution in [0.15, 0.2) is 31.0 Å². The lowest BCUT2D eigenvalue weighted by molar-refractivity contribution is 0.586. The van der Waals surface area contributed by atoms with Crippen molar-refractivity contribution in [2.24, 2.45) is 0 Å². The summed E-state index contributed by atoms with van der Waals surface area (Å²) in [5.74, 6) is 0.783. The van der Waals surface area contributed by atoms with Crippen LogP contribution >= 0.6 is 0 Å². The van der Waals surface area contributed by atoms with Gasteiger partial charge in [0.05, 0.1) is 11.9 Å². The van der Waals surface area contributed by atoms with Gasteiger partial charge >= 0.3 is 0 Å². The Morgan fingerprint density at radius 2 is 2.00 bits per heavy atom. The molecule has 1 N–H and O–H groups in total. The molecule has 0 spiro atoms. The molecule has 5 nitrogen and oxygen atoms in total. The van der Waals surface area contributed by atoms with Crippen LogP contribution in [-0.2, 0) is 0 Å². The Hall–Kier alpha value is -1.91. The first kappa shape index (κ1) is 13.5. The van der Waals surface area contributed by atoms with E-state index in [-0.39, 0.29) is 0 Å². The fourth-order valence-corrected chi connectivity index (χ4v) is 2.15. The van der Waals surface area contributed by atoms with Gasteiger partial charge in [-0.15, -0.1) is 0 Å². The third kappa shape index (κ3) is 3.77. The number of pyridine rings is 1. The second-order valence-corrected chi connectivity index (χ2v) is 4.66. The molecule has 19 heavy (non-hydrogen) atoms. The van der Waals surface area contributed by atoms with Crippen LogP contribution < -0.4 is 5.32 Å². The number of rotatable bonds is 7. The lowest BCUT2D eigenvalue weighted by Gasteiger charge is -2.18. The fourth-order valence-electron chi connectivity index (χ4n) is 2.15. The molecule has 5 heteroatoms. The molecule has 0 bridgehead atoms. The van der Waals surface area contributed by atoms with Gasteiger partial charge in [0, 0.05) is 6.04 Å². The number of aromatic nitrogens is 4. The predicted molar refractivity (Wildman–Crippen MR) is 76.4 cm³/mol. The molecule has 0 saturated heterocycles.